The van der Waals surface area contributed by atoms with E-state index in [1.165, 1.54) is 44.6 Å². The molecule has 0 heterocycles. The summed E-state index contributed by atoms with van der Waals surface area (Å²) in [6.07, 6.45) is 8.67. The van der Waals surface area contributed by atoms with Crippen molar-refractivity contribution in [2.24, 2.45) is 0 Å². The van der Waals surface area contributed by atoms with E-state index in [1.54, 1.807) is 12.1 Å². The third-order valence-corrected chi connectivity index (χ3v) is 3.75. The number of alkyl halides is 1. The molecule has 0 nitrogen and oxygen atoms in total. The molecular formula is C15H22BrF. The van der Waals surface area contributed by atoms with Crippen LogP contribution in [0.15, 0.2) is 24.3 Å². The van der Waals surface area contributed by atoms with Crippen LogP contribution < -0.4 is 0 Å². The Morgan fingerprint density at radius 3 is 2.65 bits per heavy atom. The monoisotopic (exact) mass is 300 g/mol. The lowest BCUT2D eigenvalue weighted by atomic mass is 10.0. The third-order valence-electron chi connectivity index (χ3n) is 2.97. The van der Waals surface area contributed by atoms with Crippen molar-refractivity contribution < 1.29 is 4.39 Å². The first-order chi connectivity index (χ1) is 8.22. The normalized spacial score (nSPS) is 12.6. The molecule has 2 heteroatoms. The Morgan fingerprint density at radius 1 is 1.18 bits per heavy atom. The molecule has 0 aliphatic rings. The molecule has 1 unspecified atom stereocenters. The minimum absolute atomic E-state index is 0.134. The Bertz CT molecular complexity index is 312. The molecule has 1 rings (SSSR count). The van der Waals surface area contributed by atoms with Crippen molar-refractivity contribution in [3.8, 4) is 0 Å². The maximum absolute atomic E-state index is 13.0. The van der Waals surface area contributed by atoms with Crippen LogP contribution in [0.25, 0.3) is 0 Å². The smallest absolute Gasteiger partial charge is 0.123 e. The molecule has 0 amide bonds. The molecule has 0 spiro atoms. The van der Waals surface area contributed by atoms with Gasteiger partial charge in [0.25, 0.3) is 0 Å². The standard InChI is InChI=1S/C15H22BrF/c1-2-3-4-5-6-9-14(16)11-13-8-7-10-15(17)12-13/h7-8,10,12,14H,2-6,9,11H2,1H3. The van der Waals surface area contributed by atoms with E-state index in [0.717, 1.165) is 12.0 Å². The van der Waals surface area contributed by atoms with Crippen LogP contribution in [-0.4, -0.2) is 4.83 Å². The molecule has 0 saturated heterocycles. The Labute approximate surface area is 113 Å². The summed E-state index contributed by atoms with van der Waals surface area (Å²) in [6.45, 7) is 2.23. The van der Waals surface area contributed by atoms with Crippen molar-refractivity contribution in [2.75, 3.05) is 0 Å². The van der Waals surface area contributed by atoms with E-state index in [2.05, 4.69) is 22.9 Å². The van der Waals surface area contributed by atoms with Crippen LogP contribution in [0.3, 0.4) is 0 Å². The van der Waals surface area contributed by atoms with Crippen LogP contribution in [0.4, 0.5) is 4.39 Å². The van der Waals surface area contributed by atoms with Crippen molar-refractivity contribution in [3.05, 3.63) is 35.6 Å². The minimum atomic E-state index is -0.134. The van der Waals surface area contributed by atoms with Crippen molar-refractivity contribution in [1.82, 2.24) is 0 Å². The van der Waals surface area contributed by atoms with Gasteiger partial charge in [-0.05, 0) is 30.5 Å². The second-order valence-electron chi connectivity index (χ2n) is 4.63. The van der Waals surface area contributed by atoms with E-state index in [1.807, 2.05) is 6.07 Å². The SMILES string of the molecule is CCCCCCCC(Br)Cc1cccc(F)c1. The molecule has 0 aliphatic heterocycles. The van der Waals surface area contributed by atoms with Crippen molar-refractivity contribution in [2.45, 2.75) is 56.7 Å². The fourth-order valence-corrected chi connectivity index (χ4v) is 2.69. The molecule has 0 aliphatic carbocycles. The topological polar surface area (TPSA) is 0 Å². The molecule has 0 bridgehead atoms. The molecule has 1 aromatic carbocycles. The van der Waals surface area contributed by atoms with E-state index in [0.29, 0.717) is 4.83 Å². The van der Waals surface area contributed by atoms with Gasteiger partial charge in [-0.2, -0.15) is 0 Å². The van der Waals surface area contributed by atoms with Crippen molar-refractivity contribution >= 4 is 15.9 Å². The molecule has 1 atom stereocenters. The molecule has 96 valence electrons. The van der Waals surface area contributed by atoms with E-state index < -0.39 is 0 Å². The largest absolute Gasteiger partial charge is 0.207 e. The quantitative estimate of drug-likeness (QED) is 0.440. The van der Waals surface area contributed by atoms with Gasteiger partial charge >= 0.3 is 0 Å². The highest BCUT2D eigenvalue weighted by Gasteiger charge is 2.05. The second kappa shape index (κ2) is 8.68. The fraction of sp³-hybridized carbons (Fsp3) is 0.600. The van der Waals surface area contributed by atoms with E-state index in [-0.39, 0.29) is 5.82 Å². The number of halogens is 2. The highest BCUT2D eigenvalue weighted by Crippen LogP contribution is 2.17. The zero-order chi connectivity index (χ0) is 12.5. The predicted octanol–water partition coefficient (Wildman–Crippen LogP) is 5.49. The minimum Gasteiger partial charge on any atom is -0.207 e. The van der Waals surface area contributed by atoms with Gasteiger partial charge in [0, 0.05) is 4.83 Å². The summed E-state index contributed by atoms with van der Waals surface area (Å²) < 4.78 is 13.0. The molecule has 0 fully saturated rings. The van der Waals surface area contributed by atoms with Crippen molar-refractivity contribution in [1.29, 1.82) is 0 Å². The summed E-state index contributed by atoms with van der Waals surface area (Å²) >= 11 is 3.69. The zero-order valence-corrected chi connectivity index (χ0v) is 12.2. The molecule has 1 aromatic rings. The van der Waals surface area contributed by atoms with Gasteiger partial charge in [-0.25, -0.2) is 4.39 Å². The maximum Gasteiger partial charge on any atom is 0.123 e. The van der Waals surface area contributed by atoms with E-state index in [4.69, 9.17) is 0 Å². The summed E-state index contributed by atoms with van der Waals surface area (Å²) in [7, 11) is 0. The van der Waals surface area contributed by atoms with Crippen LogP contribution in [-0.2, 0) is 6.42 Å². The second-order valence-corrected chi connectivity index (χ2v) is 5.93. The Morgan fingerprint density at radius 2 is 1.94 bits per heavy atom. The summed E-state index contributed by atoms with van der Waals surface area (Å²) in [6, 6.07) is 6.91. The Kier molecular flexibility index (Phi) is 7.50. The molecular weight excluding hydrogens is 279 g/mol. The maximum atomic E-state index is 13.0. The first-order valence-corrected chi connectivity index (χ1v) is 7.52. The number of hydrogen-bond acceptors (Lipinski definition) is 0. The number of unbranched alkanes of at least 4 members (excludes halogenated alkanes) is 4. The summed E-state index contributed by atoms with van der Waals surface area (Å²) in [5.41, 5.74) is 1.08. The Hall–Kier alpha value is -0.370. The predicted molar refractivity (Wildman–Crippen MR) is 76.2 cm³/mol. The molecule has 0 N–H and O–H groups in total. The number of rotatable bonds is 8. The highest BCUT2D eigenvalue weighted by atomic mass is 79.9. The van der Waals surface area contributed by atoms with Gasteiger partial charge in [0.15, 0.2) is 0 Å². The van der Waals surface area contributed by atoms with Gasteiger partial charge in [0.1, 0.15) is 5.82 Å². The van der Waals surface area contributed by atoms with Gasteiger partial charge in [-0.3, -0.25) is 0 Å². The van der Waals surface area contributed by atoms with Gasteiger partial charge in [0.2, 0.25) is 0 Å². The number of benzene rings is 1. The van der Waals surface area contributed by atoms with E-state index >= 15 is 0 Å². The summed E-state index contributed by atoms with van der Waals surface area (Å²) in [4.78, 5) is 0.478. The third kappa shape index (κ3) is 6.82. The van der Waals surface area contributed by atoms with Gasteiger partial charge in [0.05, 0.1) is 0 Å². The molecule has 0 radical (unpaired) electrons. The van der Waals surface area contributed by atoms with Crippen LogP contribution in [0.2, 0.25) is 0 Å². The Balaban J connectivity index is 2.18. The summed E-state index contributed by atoms with van der Waals surface area (Å²) in [5, 5.41) is 0. The first kappa shape index (κ1) is 14.7. The zero-order valence-electron chi connectivity index (χ0n) is 10.6. The average molecular weight is 301 g/mol. The first-order valence-electron chi connectivity index (χ1n) is 6.61. The van der Waals surface area contributed by atoms with Gasteiger partial charge in [-0.15, -0.1) is 0 Å². The van der Waals surface area contributed by atoms with Crippen LogP contribution in [0.5, 0.6) is 0 Å². The lowest BCUT2D eigenvalue weighted by molar-refractivity contribution is 0.596. The van der Waals surface area contributed by atoms with E-state index in [9.17, 15) is 4.39 Å². The van der Waals surface area contributed by atoms with Crippen molar-refractivity contribution in [3.63, 3.8) is 0 Å². The lowest BCUT2D eigenvalue weighted by Gasteiger charge is -2.09. The molecule has 17 heavy (non-hydrogen) atoms. The summed E-state index contributed by atoms with van der Waals surface area (Å²) in [5.74, 6) is -0.134. The average Bonchev–Trinajstić information content (AvgIpc) is 2.29. The van der Waals surface area contributed by atoms with Crippen LogP contribution >= 0.6 is 15.9 Å². The van der Waals surface area contributed by atoms with Gasteiger partial charge in [-0.1, -0.05) is 67.1 Å². The highest BCUT2D eigenvalue weighted by molar-refractivity contribution is 9.09. The number of hydrogen-bond donors (Lipinski definition) is 0. The van der Waals surface area contributed by atoms with Gasteiger partial charge < -0.3 is 0 Å². The lowest BCUT2D eigenvalue weighted by Crippen LogP contribution is -2.02. The fourth-order valence-electron chi connectivity index (χ4n) is 1.99. The van der Waals surface area contributed by atoms with Crippen LogP contribution in [0.1, 0.15) is 51.0 Å². The van der Waals surface area contributed by atoms with Crippen LogP contribution in [0, 0.1) is 5.82 Å². The molecule has 0 aromatic heterocycles. The molecule has 0 saturated carbocycles.